The van der Waals surface area contributed by atoms with Gasteiger partial charge in [-0.2, -0.15) is 5.10 Å². The Balaban J connectivity index is 2.04. The molecule has 0 radical (unpaired) electrons. The molecule has 1 unspecified atom stereocenters. The van der Waals surface area contributed by atoms with Crippen LogP contribution in [0.15, 0.2) is 36.9 Å². The first kappa shape index (κ1) is 14.5. The van der Waals surface area contributed by atoms with E-state index in [2.05, 4.69) is 41.4 Å². The maximum Gasteiger partial charge on any atom is 0.137 e. The third-order valence-corrected chi connectivity index (χ3v) is 3.04. The molecule has 2 rings (SSSR count). The summed E-state index contributed by atoms with van der Waals surface area (Å²) in [5, 5.41) is 7.63. The first-order chi connectivity index (χ1) is 9.83. The molecule has 2 aromatic rings. The van der Waals surface area contributed by atoms with Crippen LogP contribution in [0, 0.1) is 0 Å². The van der Waals surface area contributed by atoms with E-state index in [1.54, 1.807) is 12.7 Å². The van der Waals surface area contributed by atoms with E-state index in [1.165, 1.54) is 5.56 Å². The monoisotopic (exact) mass is 274 g/mol. The molecule has 1 aromatic heterocycles. The Labute approximate surface area is 120 Å². The minimum atomic E-state index is 0.224. The summed E-state index contributed by atoms with van der Waals surface area (Å²) in [4.78, 5) is 3.98. The van der Waals surface area contributed by atoms with Crippen molar-refractivity contribution in [1.29, 1.82) is 0 Å². The van der Waals surface area contributed by atoms with Crippen molar-refractivity contribution in [1.82, 2.24) is 20.1 Å². The molecule has 0 aliphatic carbocycles. The molecule has 0 spiro atoms. The SMILES string of the molecule is CCCOc1ccc(C(Cn2cncn2)NCC)cc1. The summed E-state index contributed by atoms with van der Waals surface area (Å²) >= 11 is 0. The zero-order valence-corrected chi connectivity index (χ0v) is 12.1. The molecule has 0 amide bonds. The van der Waals surface area contributed by atoms with Gasteiger partial charge >= 0.3 is 0 Å². The number of nitrogens with one attached hydrogen (secondary N) is 1. The van der Waals surface area contributed by atoms with E-state index >= 15 is 0 Å². The van der Waals surface area contributed by atoms with Gasteiger partial charge in [0.05, 0.1) is 19.2 Å². The van der Waals surface area contributed by atoms with Crippen LogP contribution in [-0.4, -0.2) is 27.9 Å². The summed E-state index contributed by atoms with van der Waals surface area (Å²) in [5.41, 5.74) is 1.23. The molecule has 1 N–H and O–H groups in total. The molecule has 108 valence electrons. The standard InChI is InChI=1S/C15H22N4O/c1-3-9-20-14-7-5-13(6-8-14)15(17-4-2)10-19-12-16-11-18-19/h5-8,11-12,15,17H,3-4,9-10H2,1-2H3. The van der Waals surface area contributed by atoms with Gasteiger partial charge in [0.2, 0.25) is 0 Å². The maximum atomic E-state index is 5.61. The minimum Gasteiger partial charge on any atom is -0.494 e. The summed E-state index contributed by atoms with van der Waals surface area (Å²) < 4.78 is 7.45. The van der Waals surface area contributed by atoms with Gasteiger partial charge in [-0.1, -0.05) is 26.0 Å². The average Bonchev–Trinajstić information content (AvgIpc) is 2.98. The summed E-state index contributed by atoms with van der Waals surface area (Å²) in [6, 6.07) is 8.49. The van der Waals surface area contributed by atoms with Gasteiger partial charge in [-0.25, -0.2) is 4.98 Å². The van der Waals surface area contributed by atoms with E-state index in [0.29, 0.717) is 0 Å². The second kappa shape index (κ2) is 7.65. The Bertz CT molecular complexity index is 481. The van der Waals surface area contributed by atoms with Gasteiger partial charge < -0.3 is 10.1 Å². The van der Waals surface area contributed by atoms with Crippen LogP contribution in [0.25, 0.3) is 0 Å². The minimum absolute atomic E-state index is 0.224. The van der Waals surface area contributed by atoms with Gasteiger partial charge in [-0.3, -0.25) is 4.68 Å². The quantitative estimate of drug-likeness (QED) is 0.803. The first-order valence-electron chi connectivity index (χ1n) is 7.12. The maximum absolute atomic E-state index is 5.61. The van der Waals surface area contributed by atoms with Gasteiger partial charge in [0.15, 0.2) is 0 Å². The molecule has 0 saturated heterocycles. The zero-order valence-electron chi connectivity index (χ0n) is 12.1. The molecule has 0 aliphatic heterocycles. The highest BCUT2D eigenvalue weighted by Gasteiger charge is 2.11. The van der Waals surface area contributed by atoms with Crippen molar-refractivity contribution in [2.75, 3.05) is 13.2 Å². The van der Waals surface area contributed by atoms with Crippen molar-refractivity contribution in [3.63, 3.8) is 0 Å². The molecule has 1 aromatic carbocycles. The van der Waals surface area contributed by atoms with Crippen LogP contribution in [0.3, 0.4) is 0 Å². The molecule has 0 saturated carbocycles. The molecular formula is C15H22N4O. The number of benzene rings is 1. The Morgan fingerprint density at radius 3 is 2.65 bits per heavy atom. The van der Waals surface area contributed by atoms with Crippen LogP contribution in [0.1, 0.15) is 31.9 Å². The van der Waals surface area contributed by atoms with Crippen molar-refractivity contribution in [2.24, 2.45) is 0 Å². The van der Waals surface area contributed by atoms with Crippen molar-refractivity contribution < 1.29 is 4.74 Å². The summed E-state index contributed by atoms with van der Waals surface area (Å²) in [7, 11) is 0. The van der Waals surface area contributed by atoms with Crippen molar-refractivity contribution in [2.45, 2.75) is 32.9 Å². The fourth-order valence-corrected chi connectivity index (χ4v) is 2.06. The lowest BCUT2D eigenvalue weighted by Crippen LogP contribution is -2.25. The van der Waals surface area contributed by atoms with Crippen molar-refractivity contribution >= 4 is 0 Å². The van der Waals surface area contributed by atoms with Crippen LogP contribution >= 0.6 is 0 Å². The third-order valence-electron chi connectivity index (χ3n) is 3.04. The van der Waals surface area contributed by atoms with Gasteiger partial charge in [-0.05, 0) is 30.7 Å². The fourth-order valence-electron chi connectivity index (χ4n) is 2.06. The Hall–Kier alpha value is -1.88. The lowest BCUT2D eigenvalue weighted by atomic mass is 10.1. The third kappa shape index (κ3) is 4.06. The van der Waals surface area contributed by atoms with Gasteiger partial charge in [-0.15, -0.1) is 0 Å². The van der Waals surface area contributed by atoms with Crippen molar-refractivity contribution in [3.05, 3.63) is 42.5 Å². The molecule has 5 nitrogen and oxygen atoms in total. The van der Waals surface area contributed by atoms with Crippen LogP contribution in [0.4, 0.5) is 0 Å². The molecule has 1 atom stereocenters. The van der Waals surface area contributed by atoms with Crippen molar-refractivity contribution in [3.8, 4) is 5.75 Å². The van der Waals surface area contributed by atoms with Crippen LogP contribution in [-0.2, 0) is 6.54 Å². The Morgan fingerprint density at radius 2 is 2.05 bits per heavy atom. The van der Waals surface area contributed by atoms with E-state index in [-0.39, 0.29) is 6.04 Å². The lowest BCUT2D eigenvalue weighted by molar-refractivity contribution is 0.317. The molecule has 0 aliphatic rings. The number of aromatic nitrogens is 3. The first-order valence-corrected chi connectivity index (χ1v) is 7.12. The van der Waals surface area contributed by atoms with E-state index in [0.717, 1.165) is 31.9 Å². The molecule has 5 heteroatoms. The predicted octanol–water partition coefficient (Wildman–Crippen LogP) is 2.42. The highest BCUT2D eigenvalue weighted by Crippen LogP contribution is 2.19. The molecule has 0 fully saturated rings. The summed E-state index contributed by atoms with van der Waals surface area (Å²) in [6.07, 6.45) is 4.32. The van der Waals surface area contributed by atoms with Crippen LogP contribution < -0.4 is 10.1 Å². The van der Waals surface area contributed by atoms with Crippen LogP contribution in [0.2, 0.25) is 0 Å². The average molecular weight is 274 g/mol. The molecular weight excluding hydrogens is 252 g/mol. The number of nitrogens with zero attached hydrogens (tertiary/aromatic N) is 3. The normalized spacial score (nSPS) is 12.3. The van der Waals surface area contributed by atoms with Crippen LogP contribution in [0.5, 0.6) is 5.75 Å². The zero-order chi connectivity index (χ0) is 14.2. The number of hydrogen-bond acceptors (Lipinski definition) is 4. The Morgan fingerprint density at radius 1 is 1.25 bits per heavy atom. The lowest BCUT2D eigenvalue weighted by Gasteiger charge is -2.18. The summed E-state index contributed by atoms with van der Waals surface area (Å²) in [6.45, 7) is 6.64. The fraction of sp³-hybridized carbons (Fsp3) is 0.467. The molecule has 20 heavy (non-hydrogen) atoms. The second-order valence-electron chi connectivity index (χ2n) is 4.65. The van der Waals surface area contributed by atoms with Gasteiger partial charge in [0, 0.05) is 0 Å². The molecule has 1 heterocycles. The number of rotatable bonds is 8. The highest BCUT2D eigenvalue weighted by molar-refractivity contribution is 5.29. The Kier molecular flexibility index (Phi) is 5.55. The number of likely N-dealkylation sites (N-methyl/N-ethyl adjacent to an activating group) is 1. The largest absolute Gasteiger partial charge is 0.494 e. The molecule has 0 bridgehead atoms. The second-order valence-corrected chi connectivity index (χ2v) is 4.65. The highest BCUT2D eigenvalue weighted by atomic mass is 16.5. The van der Waals surface area contributed by atoms with E-state index < -0.39 is 0 Å². The van der Waals surface area contributed by atoms with E-state index in [9.17, 15) is 0 Å². The number of hydrogen-bond donors (Lipinski definition) is 1. The summed E-state index contributed by atoms with van der Waals surface area (Å²) in [5.74, 6) is 0.923. The van der Waals surface area contributed by atoms with E-state index in [1.807, 2.05) is 16.8 Å². The topological polar surface area (TPSA) is 52.0 Å². The van der Waals surface area contributed by atoms with Gasteiger partial charge in [0.25, 0.3) is 0 Å². The van der Waals surface area contributed by atoms with E-state index in [4.69, 9.17) is 4.74 Å². The predicted molar refractivity (Wildman–Crippen MR) is 78.7 cm³/mol. The number of ether oxygens (including phenoxy) is 1. The smallest absolute Gasteiger partial charge is 0.137 e. The van der Waals surface area contributed by atoms with Gasteiger partial charge in [0.1, 0.15) is 18.4 Å².